The molecule has 0 aliphatic rings. The molecule has 14 aromatic carbocycles. The third-order valence-electron chi connectivity index (χ3n) is 18.6. The molecule has 14 heteroatoms. The number of halogens is 1. The van der Waals surface area contributed by atoms with Crippen LogP contribution in [0.15, 0.2) is 336 Å². The summed E-state index contributed by atoms with van der Waals surface area (Å²) in [5.74, 6) is 3.61. The van der Waals surface area contributed by atoms with Crippen LogP contribution in [0.3, 0.4) is 0 Å². The molecule has 0 amide bonds. The van der Waals surface area contributed by atoms with Crippen LogP contribution in [0.1, 0.15) is 0 Å². The SMILES string of the molecule is Clc1nc(-c2ccccc2)nc(-c2cccc3c2sc2c(-c4ccccc4)cccc23)n1.O[B]Oc1cccc2oc3ccc(-c4ccccc4)cc3c12.c1ccc(-c2ccc3oc4cccc(-c5nc(-c6ccccc6)nc(-c6cccc7c6sc6c(-c8ccccc8)cccc67)n5)c4c3c2)cc1. The van der Waals surface area contributed by atoms with E-state index in [9.17, 15) is 0 Å². The Kier molecular flexibility index (Phi) is 16.9. The van der Waals surface area contributed by atoms with Crippen LogP contribution in [0.2, 0.25) is 5.28 Å². The molecule has 0 aliphatic carbocycles. The molecule has 104 heavy (non-hydrogen) atoms. The lowest BCUT2D eigenvalue weighted by atomic mass is 10.0. The van der Waals surface area contributed by atoms with Crippen LogP contribution in [0.5, 0.6) is 5.75 Å². The summed E-state index contributed by atoms with van der Waals surface area (Å²) in [5.41, 5.74) is 17.3. The number of aromatic nitrogens is 6. The van der Waals surface area contributed by atoms with Crippen LogP contribution in [0.25, 0.3) is 186 Å². The molecule has 0 spiro atoms. The minimum atomic E-state index is 0.192. The maximum Gasteiger partial charge on any atom is 0.569 e. The average Bonchev–Trinajstić information content (AvgIpc) is 1.59. The van der Waals surface area contributed by atoms with Gasteiger partial charge in [-0.1, -0.05) is 273 Å². The Balaban J connectivity index is 0.000000122. The second-order valence-electron chi connectivity index (χ2n) is 24.8. The number of hydrogen-bond acceptors (Lipinski definition) is 12. The van der Waals surface area contributed by atoms with Crippen LogP contribution in [0.4, 0.5) is 0 Å². The predicted molar refractivity (Wildman–Crippen MR) is 429 cm³/mol. The molecule has 1 radical (unpaired) electrons. The second kappa shape index (κ2) is 27.7. The minimum absolute atomic E-state index is 0.192. The number of fused-ring (bicyclic) bond motifs is 12. The van der Waals surface area contributed by atoms with E-state index >= 15 is 0 Å². The second-order valence-corrected chi connectivity index (χ2v) is 27.2. The maximum absolute atomic E-state index is 8.94. The van der Waals surface area contributed by atoms with Crippen LogP contribution < -0.4 is 4.65 Å². The minimum Gasteiger partial charge on any atom is -0.537 e. The van der Waals surface area contributed by atoms with E-state index in [1.54, 1.807) is 28.7 Å². The summed E-state index contributed by atoms with van der Waals surface area (Å²) in [6.07, 6.45) is 0. The van der Waals surface area contributed by atoms with E-state index in [1.165, 1.54) is 53.2 Å². The first-order valence-corrected chi connectivity index (χ1v) is 35.9. The van der Waals surface area contributed by atoms with Crippen LogP contribution in [-0.4, -0.2) is 42.6 Å². The van der Waals surface area contributed by atoms with Gasteiger partial charge >= 0.3 is 7.69 Å². The lowest BCUT2D eigenvalue weighted by molar-refractivity contribution is 0.456. The molecule has 0 fully saturated rings. The molecule has 6 heterocycles. The van der Waals surface area contributed by atoms with Crippen molar-refractivity contribution in [1.29, 1.82) is 0 Å². The van der Waals surface area contributed by atoms with Gasteiger partial charge in [-0.25, -0.2) is 19.9 Å². The van der Waals surface area contributed by atoms with E-state index in [-0.39, 0.29) is 5.28 Å². The highest BCUT2D eigenvalue weighted by Crippen LogP contribution is 2.47. The summed E-state index contributed by atoms with van der Waals surface area (Å²) in [4.78, 5) is 29.1. The van der Waals surface area contributed by atoms with Gasteiger partial charge in [0.05, 0.1) is 5.39 Å². The van der Waals surface area contributed by atoms with Crippen molar-refractivity contribution in [2.45, 2.75) is 0 Å². The molecule has 6 aromatic heterocycles. The molecule has 0 atom stereocenters. The Labute approximate surface area is 610 Å². The Bertz CT molecular complexity index is 6580. The smallest absolute Gasteiger partial charge is 0.537 e. The van der Waals surface area contributed by atoms with Gasteiger partial charge in [-0.05, 0) is 111 Å². The zero-order valence-corrected chi connectivity index (χ0v) is 57.7. The molecule has 20 aromatic rings. The lowest BCUT2D eigenvalue weighted by Crippen LogP contribution is -2.00. The summed E-state index contributed by atoms with van der Waals surface area (Å²) < 4.78 is 22.3. The highest BCUT2D eigenvalue weighted by molar-refractivity contribution is 7.27. The van der Waals surface area contributed by atoms with E-state index in [0.717, 1.165) is 103 Å². The number of thiophene rings is 2. The highest BCUT2D eigenvalue weighted by Gasteiger charge is 2.23. The Morgan fingerprint density at radius 3 is 1.07 bits per heavy atom. The highest BCUT2D eigenvalue weighted by atomic mass is 35.5. The van der Waals surface area contributed by atoms with Gasteiger partial charge in [0.15, 0.2) is 29.1 Å². The first kappa shape index (κ1) is 63.4. The van der Waals surface area contributed by atoms with Gasteiger partial charge in [0.2, 0.25) is 5.28 Å². The molecule has 0 aliphatic heterocycles. The van der Waals surface area contributed by atoms with Gasteiger partial charge in [0, 0.05) is 84.3 Å². The molecule has 0 saturated heterocycles. The van der Waals surface area contributed by atoms with Crippen molar-refractivity contribution in [2.75, 3.05) is 0 Å². The molecular formula is C90H55BClN6O4S2. The third-order valence-corrected chi connectivity index (χ3v) is 21.3. The lowest BCUT2D eigenvalue weighted by Gasteiger charge is -2.10. The quantitative estimate of drug-likeness (QED) is 0.125. The van der Waals surface area contributed by atoms with Crippen molar-refractivity contribution in [2.24, 2.45) is 0 Å². The first-order chi connectivity index (χ1) is 51.4. The predicted octanol–water partition coefficient (Wildman–Crippen LogP) is 24.5. The van der Waals surface area contributed by atoms with Gasteiger partial charge in [-0.3, -0.25) is 0 Å². The zero-order valence-electron chi connectivity index (χ0n) is 55.3. The Morgan fingerprint density at radius 2 is 0.606 bits per heavy atom. The van der Waals surface area contributed by atoms with Crippen molar-refractivity contribution in [1.82, 2.24) is 29.9 Å². The van der Waals surface area contributed by atoms with E-state index in [0.29, 0.717) is 42.6 Å². The van der Waals surface area contributed by atoms with Gasteiger partial charge in [0.1, 0.15) is 28.1 Å². The van der Waals surface area contributed by atoms with E-state index in [2.05, 4.69) is 216 Å². The fraction of sp³-hybridized carbons (Fsp3) is 0. The largest absolute Gasteiger partial charge is 0.569 e. The van der Waals surface area contributed by atoms with Crippen molar-refractivity contribution < 1.29 is 18.5 Å². The third kappa shape index (κ3) is 12.0. The fourth-order valence-electron chi connectivity index (χ4n) is 13.8. The molecule has 0 bridgehead atoms. The molecule has 20 rings (SSSR count). The first-order valence-electron chi connectivity index (χ1n) is 33.9. The summed E-state index contributed by atoms with van der Waals surface area (Å²) in [7, 11) is 0.689. The normalized spacial score (nSPS) is 11.4. The summed E-state index contributed by atoms with van der Waals surface area (Å²) in [5, 5.41) is 17.8. The Morgan fingerprint density at radius 1 is 0.269 bits per heavy atom. The number of rotatable bonds is 11. The molecule has 10 nitrogen and oxygen atoms in total. The van der Waals surface area contributed by atoms with E-state index in [4.69, 9.17) is 50.0 Å². The standard InChI is InChI=1S/C45H27N3OS.C27H16ClN3S.C18H12BO3/c1-4-13-28(14-5-1)31-25-26-38-37(27-31)40-35(22-12-24-39(40)49-38)44-46-43(30-17-8-3-9-18-30)47-45(48-44)36-23-11-21-34-33-20-10-19-32(41(33)50-42(34)36)29-15-6-2-7-16-29;28-27-30-25(18-11-5-2-6-12-18)29-26(31-27)22-16-8-15-21-20-14-7-13-19(23(20)32-24(21)22)17-9-3-1-4-10-17;20-19-22-17-8-4-7-16-18(17)14-11-13(9-10-15(14)21-16)12-5-2-1-3-6-12/h1-27H;1-16H;1-11,20H. The molecule has 0 unspecified atom stereocenters. The van der Waals surface area contributed by atoms with Crippen molar-refractivity contribution in [3.05, 3.63) is 333 Å². The zero-order chi connectivity index (χ0) is 69.5. The summed E-state index contributed by atoms with van der Waals surface area (Å²) in [6, 6.07) is 112. The fourth-order valence-corrected chi connectivity index (χ4v) is 16.6. The molecule has 0 saturated carbocycles. The van der Waals surface area contributed by atoms with Gasteiger partial charge in [0.25, 0.3) is 0 Å². The van der Waals surface area contributed by atoms with Crippen LogP contribution in [0, 0.1) is 0 Å². The van der Waals surface area contributed by atoms with Gasteiger partial charge in [-0.15, -0.1) is 22.7 Å². The van der Waals surface area contributed by atoms with Crippen LogP contribution in [-0.2, 0) is 0 Å². The van der Waals surface area contributed by atoms with Crippen LogP contribution >= 0.6 is 34.3 Å². The Hall–Kier alpha value is -12.7. The van der Waals surface area contributed by atoms with Gasteiger partial charge in [-0.2, -0.15) is 9.97 Å². The average molecular weight is 1390 g/mol. The number of benzene rings is 14. The van der Waals surface area contributed by atoms with E-state index < -0.39 is 0 Å². The molecule has 1 N–H and O–H groups in total. The summed E-state index contributed by atoms with van der Waals surface area (Å²) in [6.45, 7) is 0. The monoisotopic (exact) mass is 1390 g/mol. The van der Waals surface area contributed by atoms with E-state index in [1.807, 2.05) is 115 Å². The number of nitrogens with zero attached hydrogens (tertiary/aromatic N) is 6. The summed E-state index contributed by atoms with van der Waals surface area (Å²) >= 11 is 9.89. The van der Waals surface area contributed by atoms with Crippen molar-refractivity contribution in [3.63, 3.8) is 0 Å². The molecule has 491 valence electrons. The van der Waals surface area contributed by atoms with Crippen molar-refractivity contribution in [3.8, 4) is 107 Å². The number of hydrogen-bond donors (Lipinski definition) is 1. The van der Waals surface area contributed by atoms with Gasteiger partial charge < -0.3 is 18.5 Å². The van der Waals surface area contributed by atoms with Crippen molar-refractivity contribution >= 4 is 126 Å². The maximum atomic E-state index is 8.94. The number of furan rings is 2. The molecular weight excluding hydrogens is 1340 g/mol. The topological polar surface area (TPSA) is 133 Å².